The van der Waals surface area contributed by atoms with E-state index in [1.54, 1.807) is 0 Å². The Kier molecular flexibility index (Phi) is 10.6. The summed E-state index contributed by atoms with van der Waals surface area (Å²) in [6.07, 6.45) is 0. The van der Waals surface area contributed by atoms with Crippen molar-refractivity contribution in [3.05, 3.63) is 65.7 Å². The summed E-state index contributed by atoms with van der Waals surface area (Å²) in [6.45, 7) is 13.9. The maximum absolute atomic E-state index is 4.83. The predicted octanol–water partition coefficient (Wildman–Crippen LogP) is 4.20. The molecule has 1 atom stereocenters. The van der Waals surface area contributed by atoms with E-state index in [1.165, 1.54) is 11.1 Å². The lowest BCUT2D eigenvalue weighted by atomic mass is 10.1. The van der Waals surface area contributed by atoms with Crippen molar-refractivity contribution in [2.75, 3.05) is 44.6 Å². The molecule has 0 saturated carbocycles. The van der Waals surface area contributed by atoms with Crippen LogP contribution in [0.15, 0.2) is 59.6 Å². The van der Waals surface area contributed by atoms with Crippen LogP contribution in [0.25, 0.3) is 0 Å². The Hall–Kier alpha value is -1.64. The van der Waals surface area contributed by atoms with Gasteiger partial charge in [0.2, 0.25) is 0 Å². The number of halogens is 1. The minimum Gasteiger partial charge on any atom is -0.355 e. The Bertz CT molecular complexity index is 755. The normalized spacial score (nSPS) is 16.6. The number of benzene rings is 2. The maximum atomic E-state index is 4.83. The van der Waals surface area contributed by atoms with Gasteiger partial charge in [-0.3, -0.25) is 4.90 Å². The second kappa shape index (κ2) is 12.9. The highest BCUT2D eigenvalue weighted by Gasteiger charge is 2.20. The lowest BCUT2D eigenvalue weighted by molar-refractivity contribution is 0.107. The van der Waals surface area contributed by atoms with Crippen molar-refractivity contribution in [1.29, 1.82) is 0 Å². The lowest BCUT2D eigenvalue weighted by Crippen LogP contribution is -2.52. The standard InChI is InChI=1S/C24H35N5.HI/c1-4-28-14-16-29(17-15-28)21(3)18-25-24(27-23-8-6-5-7-9-23)26-19-22-12-10-20(2)11-13-22;/h5-13,21H,4,14-19H2,1-3H3,(H2,25,26,27);1H. The quantitative estimate of drug-likeness (QED) is 0.326. The van der Waals surface area contributed by atoms with Gasteiger partial charge in [0.25, 0.3) is 0 Å². The van der Waals surface area contributed by atoms with E-state index in [0.29, 0.717) is 12.6 Å². The first-order valence-electron chi connectivity index (χ1n) is 10.8. The van der Waals surface area contributed by atoms with Crippen LogP contribution in [0, 0.1) is 6.92 Å². The van der Waals surface area contributed by atoms with Gasteiger partial charge in [-0.1, -0.05) is 55.0 Å². The van der Waals surface area contributed by atoms with Gasteiger partial charge in [0.05, 0.1) is 6.54 Å². The van der Waals surface area contributed by atoms with Crippen molar-refractivity contribution < 1.29 is 0 Å². The Labute approximate surface area is 199 Å². The molecular formula is C24H36IN5. The van der Waals surface area contributed by atoms with E-state index in [2.05, 4.69) is 77.6 Å². The van der Waals surface area contributed by atoms with Gasteiger partial charge >= 0.3 is 0 Å². The summed E-state index contributed by atoms with van der Waals surface area (Å²) in [7, 11) is 0. The number of hydrogen-bond donors (Lipinski definition) is 2. The molecule has 1 saturated heterocycles. The minimum absolute atomic E-state index is 0. The third-order valence-electron chi connectivity index (χ3n) is 5.62. The van der Waals surface area contributed by atoms with E-state index in [4.69, 9.17) is 4.99 Å². The zero-order valence-electron chi connectivity index (χ0n) is 18.5. The number of nitrogens with one attached hydrogen (secondary N) is 2. The number of aryl methyl sites for hydroxylation is 1. The van der Waals surface area contributed by atoms with Gasteiger partial charge < -0.3 is 15.5 Å². The molecule has 1 unspecified atom stereocenters. The first-order valence-corrected chi connectivity index (χ1v) is 10.8. The Morgan fingerprint density at radius 3 is 2.30 bits per heavy atom. The molecular weight excluding hydrogens is 485 g/mol. The molecule has 0 aliphatic carbocycles. The molecule has 1 aliphatic rings. The summed E-state index contributed by atoms with van der Waals surface area (Å²) < 4.78 is 0. The molecule has 164 valence electrons. The molecule has 30 heavy (non-hydrogen) atoms. The van der Waals surface area contributed by atoms with E-state index < -0.39 is 0 Å². The van der Waals surface area contributed by atoms with Gasteiger partial charge in [0.1, 0.15) is 0 Å². The van der Waals surface area contributed by atoms with Gasteiger partial charge in [-0.2, -0.15) is 0 Å². The largest absolute Gasteiger partial charge is 0.355 e. The molecule has 0 aromatic heterocycles. The van der Waals surface area contributed by atoms with Crippen molar-refractivity contribution in [2.45, 2.75) is 33.4 Å². The van der Waals surface area contributed by atoms with Crippen molar-refractivity contribution in [2.24, 2.45) is 4.99 Å². The van der Waals surface area contributed by atoms with Crippen LogP contribution in [0.3, 0.4) is 0 Å². The maximum Gasteiger partial charge on any atom is 0.196 e. The van der Waals surface area contributed by atoms with Crippen LogP contribution in [0.1, 0.15) is 25.0 Å². The van der Waals surface area contributed by atoms with E-state index >= 15 is 0 Å². The SMILES string of the molecule is CCN1CCN(C(C)CNC(=NCc2ccc(C)cc2)Nc2ccccc2)CC1.I. The third kappa shape index (κ3) is 7.89. The third-order valence-corrected chi connectivity index (χ3v) is 5.62. The molecule has 0 spiro atoms. The number of hydrogen-bond acceptors (Lipinski definition) is 3. The summed E-state index contributed by atoms with van der Waals surface area (Å²) >= 11 is 0. The number of anilines is 1. The smallest absolute Gasteiger partial charge is 0.196 e. The van der Waals surface area contributed by atoms with Crippen molar-refractivity contribution in [3.63, 3.8) is 0 Å². The first kappa shape index (κ1) is 24.6. The minimum atomic E-state index is 0. The molecule has 2 aromatic carbocycles. The first-order chi connectivity index (χ1) is 14.1. The summed E-state index contributed by atoms with van der Waals surface area (Å²) in [5.74, 6) is 0.829. The zero-order valence-corrected chi connectivity index (χ0v) is 20.8. The number of guanidine groups is 1. The van der Waals surface area contributed by atoms with Crippen molar-refractivity contribution >= 4 is 35.6 Å². The monoisotopic (exact) mass is 521 g/mol. The molecule has 6 heteroatoms. The summed E-state index contributed by atoms with van der Waals surface area (Å²) in [5.41, 5.74) is 3.54. The van der Waals surface area contributed by atoms with Gasteiger partial charge in [-0.25, -0.2) is 4.99 Å². The topological polar surface area (TPSA) is 42.9 Å². The fraction of sp³-hybridized carbons (Fsp3) is 0.458. The molecule has 5 nitrogen and oxygen atoms in total. The van der Waals surface area contributed by atoms with E-state index in [0.717, 1.165) is 50.9 Å². The Balaban J connectivity index is 0.00000320. The molecule has 1 aliphatic heterocycles. The number of nitrogens with zero attached hydrogens (tertiary/aromatic N) is 3. The van der Waals surface area contributed by atoms with Crippen molar-refractivity contribution in [3.8, 4) is 0 Å². The van der Waals surface area contributed by atoms with Crippen LogP contribution in [0.2, 0.25) is 0 Å². The summed E-state index contributed by atoms with van der Waals surface area (Å²) in [6, 6.07) is 19.3. The lowest BCUT2D eigenvalue weighted by Gasteiger charge is -2.37. The van der Waals surface area contributed by atoms with E-state index in [-0.39, 0.29) is 24.0 Å². The number of aliphatic imine (C=N–C) groups is 1. The average molecular weight is 521 g/mol. The predicted molar refractivity (Wildman–Crippen MR) is 139 cm³/mol. The molecule has 1 heterocycles. The number of likely N-dealkylation sites (N-methyl/N-ethyl adjacent to an activating group) is 1. The zero-order chi connectivity index (χ0) is 20.5. The van der Waals surface area contributed by atoms with Gasteiger partial charge in [-0.05, 0) is 38.1 Å². The molecule has 1 fully saturated rings. The van der Waals surface area contributed by atoms with Crippen LogP contribution in [0.5, 0.6) is 0 Å². The molecule has 3 rings (SSSR count). The second-order valence-electron chi connectivity index (χ2n) is 7.84. The fourth-order valence-corrected chi connectivity index (χ4v) is 3.56. The summed E-state index contributed by atoms with van der Waals surface area (Å²) in [4.78, 5) is 9.91. The molecule has 2 N–H and O–H groups in total. The van der Waals surface area contributed by atoms with Crippen LogP contribution in [0.4, 0.5) is 5.69 Å². The van der Waals surface area contributed by atoms with Crippen LogP contribution < -0.4 is 10.6 Å². The Morgan fingerprint density at radius 1 is 1.00 bits per heavy atom. The fourth-order valence-electron chi connectivity index (χ4n) is 3.56. The van der Waals surface area contributed by atoms with Gasteiger partial charge in [0.15, 0.2) is 5.96 Å². The number of para-hydroxylation sites is 1. The molecule has 0 bridgehead atoms. The molecule has 0 radical (unpaired) electrons. The van der Waals surface area contributed by atoms with Gasteiger partial charge in [-0.15, -0.1) is 24.0 Å². The van der Waals surface area contributed by atoms with Crippen LogP contribution in [-0.2, 0) is 6.54 Å². The van der Waals surface area contributed by atoms with Crippen LogP contribution in [-0.4, -0.2) is 61.1 Å². The average Bonchev–Trinajstić information content (AvgIpc) is 2.77. The highest BCUT2D eigenvalue weighted by molar-refractivity contribution is 14.0. The highest BCUT2D eigenvalue weighted by Crippen LogP contribution is 2.08. The number of rotatable bonds is 7. The van der Waals surface area contributed by atoms with Crippen LogP contribution >= 0.6 is 24.0 Å². The van der Waals surface area contributed by atoms with Gasteiger partial charge in [0, 0.05) is 44.5 Å². The van der Waals surface area contributed by atoms with E-state index in [9.17, 15) is 0 Å². The van der Waals surface area contributed by atoms with Crippen molar-refractivity contribution in [1.82, 2.24) is 15.1 Å². The highest BCUT2D eigenvalue weighted by atomic mass is 127. The van der Waals surface area contributed by atoms with E-state index in [1.807, 2.05) is 18.2 Å². The second-order valence-corrected chi connectivity index (χ2v) is 7.84. The molecule has 2 aromatic rings. The number of piperazine rings is 1. The Morgan fingerprint density at radius 2 is 1.67 bits per heavy atom. The molecule has 0 amide bonds. The summed E-state index contributed by atoms with van der Waals surface area (Å²) in [5, 5.41) is 7.00.